The predicted molar refractivity (Wildman–Crippen MR) is 92.5 cm³/mol. The maximum Gasteiger partial charge on any atom is 0.188 e. The summed E-state index contributed by atoms with van der Waals surface area (Å²) >= 11 is 1.52. The Morgan fingerprint density at radius 1 is 1.04 bits per heavy atom. The second-order valence-electron chi connectivity index (χ2n) is 5.11. The van der Waals surface area contributed by atoms with Crippen molar-refractivity contribution in [1.29, 1.82) is 0 Å². The number of nitrogens with one attached hydrogen (secondary N) is 1. The minimum absolute atomic E-state index is 0.547. The fourth-order valence-electron chi connectivity index (χ4n) is 2.24. The van der Waals surface area contributed by atoms with Crippen LogP contribution in [0.1, 0.15) is 11.4 Å². The van der Waals surface area contributed by atoms with Crippen molar-refractivity contribution in [3.63, 3.8) is 0 Å². The molecule has 4 aromatic heterocycles. The smallest absolute Gasteiger partial charge is 0.188 e. The number of rotatable bonds is 4. The summed E-state index contributed by atoms with van der Waals surface area (Å²) in [5.41, 5.74) is 3.41. The highest BCUT2D eigenvalue weighted by atomic mass is 32.1. The standard InChI is InChI=1S/C16H13N7S/c1-10-3-4-12-13(22-10)14(21-9-20-12)19-7-11-8-24-16(23-11)15-17-5-2-6-18-15/h2-6,8-9H,7H2,1H3,(H,19,20,21). The first-order valence-corrected chi connectivity index (χ1v) is 8.21. The summed E-state index contributed by atoms with van der Waals surface area (Å²) in [5.74, 6) is 1.34. The first-order chi connectivity index (χ1) is 11.8. The molecule has 0 fully saturated rings. The van der Waals surface area contributed by atoms with Crippen molar-refractivity contribution in [2.45, 2.75) is 13.5 Å². The lowest BCUT2D eigenvalue weighted by Gasteiger charge is -2.06. The number of thiazole rings is 1. The average molecular weight is 335 g/mol. The Kier molecular flexibility index (Phi) is 3.80. The first kappa shape index (κ1) is 14.6. The summed E-state index contributed by atoms with van der Waals surface area (Å²) in [7, 11) is 0. The molecule has 4 aromatic rings. The fraction of sp³-hybridized carbons (Fsp3) is 0.125. The Labute approximate surface area is 141 Å². The number of hydrogen-bond donors (Lipinski definition) is 1. The highest BCUT2D eigenvalue weighted by Gasteiger charge is 2.09. The third kappa shape index (κ3) is 2.91. The van der Waals surface area contributed by atoms with E-state index in [1.54, 1.807) is 18.5 Å². The second kappa shape index (κ2) is 6.25. The third-order valence-corrected chi connectivity index (χ3v) is 4.25. The van der Waals surface area contributed by atoms with Crippen molar-refractivity contribution in [2.24, 2.45) is 0 Å². The molecular weight excluding hydrogens is 322 g/mol. The van der Waals surface area contributed by atoms with Gasteiger partial charge in [-0.2, -0.15) is 0 Å². The number of hydrogen-bond acceptors (Lipinski definition) is 8. The molecule has 0 saturated carbocycles. The monoisotopic (exact) mass is 335 g/mol. The van der Waals surface area contributed by atoms with E-state index in [4.69, 9.17) is 0 Å². The van der Waals surface area contributed by atoms with Crippen LogP contribution in [0, 0.1) is 6.92 Å². The molecule has 0 bridgehead atoms. The molecule has 4 rings (SSSR count). The van der Waals surface area contributed by atoms with E-state index in [1.807, 2.05) is 24.4 Å². The summed E-state index contributed by atoms with van der Waals surface area (Å²) in [6.07, 6.45) is 4.96. The lowest BCUT2D eigenvalue weighted by Crippen LogP contribution is -2.04. The van der Waals surface area contributed by atoms with E-state index < -0.39 is 0 Å². The topological polar surface area (TPSA) is 89.4 Å². The Bertz CT molecular complexity index is 984. The fourth-order valence-corrected chi connectivity index (χ4v) is 3.01. The van der Waals surface area contributed by atoms with Crippen molar-refractivity contribution in [3.8, 4) is 10.8 Å². The molecule has 0 aliphatic heterocycles. The summed E-state index contributed by atoms with van der Waals surface area (Å²) in [5, 5.41) is 6.07. The largest absolute Gasteiger partial charge is 0.362 e. The van der Waals surface area contributed by atoms with E-state index in [-0.39, 0.29) is 0 Å². The van der Waals surface area contributed by atoms with E-state index in [0.717, 1.165) is 27.4 Å². The van der Waals surface area contributed by atoms with Gasteiger partial charge in [0.25, 0.3) is 0 Å². The van der Waals surface area contributed by atoms with Gasteiger partial charge in [-0.05, 0) is 25.1 Å². The Hall–Kier alpha value is -3.00. The number of aromatic nitrogens is 6. The number of anilines is 1. The number of pyridine rings is 1. The van der Waals surface area contributed by atoms with Gasteiger partial charge in [0.1, 0.15) is 11.8 Å². The van der Waals surface area contributed by atoms with Crippen LogP contribution in [0.4, 0.5) is 5.82 Å². The molecule has 0 amide bonds. The highest BCUT2D eigenvalue weighted by Crippen LogP contribution is 2.21. The SMILES string of the molecule is Cc1ccc2ncnc(NCc3csc(-c4ncccn4)n3)c2n1. The molecule has 0 aromatic carbocycles. The third-order valence-electron chi connectivity index (χ3n) is 3.37. The van der Waals surface area contributed by atoms with Crippen LogP contribution in [0.3, 0.4) is 0 Å². The van der Waals surface area contributed by atoms with Crippen LogP contribution < -0.4 is 5.32 Å². The zero-order chi connectivity index (χ0) is 16.4. The van der Waals surface area contributed by atoms with Crippen molar-refractivity contribution >= 4 is 28.2 Å². The van der Waals surface area contributed by atoms with Crippen LogP contribution in [0.15, 0.2) is 42.3 Å². The van der Waals surface area contributed by atoms with Crippen LogP contribution in [0.2, 0.25) is 0 Å². The van der Waals surface area contributed by atoms with Gasteiger partial charge in [0.15, 0.2) is 16.6 Å². The first-order valence-electron chi connectivity index (χ1n) is 7.33. The van der Waals surface area contributed by atoms with E-state index in [2.05, 4.69) is 35.2 Å². The molecule has 4 heterocycles. The maximum atomic E-state index is 4.56. The van der Waals surface area contributed by atoms with Crippen LogP contribution in [0.5, 0.6) is 0 Å². The van der Waals surface area contributed by atoms with Crippen molar-refractivity contribution in [2.75, 3.05) is 5.32 Å². The Morgan fingerprint density at radius 3 is 2.79 bits per heavy atom. The molecule has 8 heteroatoms. The van der Waals surface area contributed by atoms with Gasteiger partial charge in [-0.3, -0.25) is 0 Å². The van der Waals surface area contributed by atoms with Gasteiger partial charge in [-0.15, -0.1) is 11.3 Å². The minimum Gasteiger partial charge on any atom is -0.362 e. The van der Waals surface area contributed by atoms with Gasteiger partial charge < -0.3 is 5.32 Å². The zero-order valence-corrected chi connectivity index (χ0v) is 13.7. The Balaban J connectivity index is 1.56. The van der Waals surface area contributed by atoms with Gasteiger partial charge in [0.2, 0.25) is 0 Å². The lowest BCUT2D eigenvalue weighted by atomic mass is 10.3. The highest BCUT2D eigenvalue weighted by molar-refractivity contribution is 7.13. The predicted octanol–water partition coefficient (Wildman–Crippen LogP) is 2.86. The summed E-state index contributed by atoms with van der Waals surface area (Å²) < 4.78 is 0. The molecule has 0 unspecified atom stereocenters. The average Bonchev–Trinajstić information content (AvgIpc) is 3.10. The zero-order valence-electron chi connectivity index (χ0n) is 12.8. The van der Waals surface area contributed by atoms with Gasteiger partial charge in [-0.25, -0.2) is 29.9 Å². The van der Waals surface area contributed by atoms with Crippen LogP contribution in [-0.2, 0) is 6.54 Å². The molecule has 7 nitrogen and oxygen atoms in total. The van der Waals surface area contributed by atoms with Crippen molar-refractivity contribution < 1.29 is 0 Å². The Morgan fingerprint density at radius 2 is 1.92 bits per heavy atom. The van der Waals surface area contributed by atoms with Gasteiger partial charge in [0, 0.05) is 23.5 Å². The van der Waals surface area contributed by atoms with Crippen LogP contribution in [0.25, 0.3) is 21.9 Å². The lowest BCUT2D eigenvalue weighted by molar-refractivity contribution is 1.04. The molecule has 0 spiro atoms. The summed E-state index contributed by atoms with van der Waals surface area (Å²) in [6, 6.07) is 5.67. The minimum atomic E-state index is 0.547. The molecule has 118 valence electrons. The quantitative estimate of drug-likeness (QED) is 0.613. The van der Waals surface area contributed by atoms with Gasteiger partial charge in [-0.1, -0.05) is 0 Å². The molecule has 0 aliphatic carbocycles. The van der Waals surface area contributed by atoms with Gasteiger partial charge >= 0.3 is 0 Å². The number of nitrogens with zero attached hydrogens (tertiary/aromatic N) is 6. The van der Waals surface area contributed by atoms with E-state index >= 15 is 0 Å². The van der Waals surface area contributed by atoms with E-state index in [9.17, 15) is 0 Å². The van der Waals surface area contributed by atoms with Crippen molar-refractivity contribution in [1.82, 2.24) is 29.9 Å². The maximum absolute atomic E-state index is 4.56. The van der Waals surface area contributed by atoms with Crippen molar-refractivity contribution in [3.05, 3.63) is 53.7 Å². The molecular formula is C16H13N7S. The van der Waals surface area contributed by atoms with Crippen LogP contribution in [-0.4, -0.2) is 29.9 Å². The number of aryl methyl sites for hydroxylation is 1. The van der Waals surface area contributed by atoms with E-state index in [0.29, 0.717) is 18.2 Å². The number of fused-ring (bicyclic) bond motifs is 1. The molecule has 24 heavy (non-hydrogen) atoms. The van der Waals surface area contributed by atoms with Crippen LogP contribution >= 0.6 is 11.3 Å². The summed E-state index contributed by atoms with van der Waals surface area (Å²) in [6.45, 7) is 2.49. The molecule has 0 saturated heterocycles. The van der Waals surface area contributed by atoms with Gasteiger partial charge in [0.05, 0.1) is 17.8 Å². The normalized spacial score (nSPS) is 10.9. The molecule has 0 aliphatic rings. The molecule has 1 N–H and O–H groups in total. The molecule has 0 atom stereocenters. The summed E-state index contributed by atoms with van der Waals surface area (Å²) in [4.78, 5) is 26.0. The van der Waals surface area contributed by atoms with E-state index in [1.165, 1.54) is 17.7 Å². The molecule has 0 radical (unpaired) electrons. The second-order valence-corrected chi connectivity index (χ2v) is 5.97.